The summed E-state index contributed by atoms with van der Waals surface area (Å²) in [5, 5.41) is 13.7. The summed E-state index contributed by atoms with van der Waals surface area (Å²) in [6, 6.07) is 0. The maximum absolute atomic E-state index is 12.0. The molecule has 0 atom stereocenters. The van der Waals surface area contributed by atoms with Crippen molar-refractivity contribution < 1.29 is 9.94 Å². The Morgan fingerprint density at radius 2 is 2.05 bits per heavy atom. The summed E-state index contributed by atoms with van der Waals surface area (Å²) in [4.78, 5) is 28.6. The summed E-state index contributed by atoms with van der Waals surface area (Å²) in [5.41, 5.74) is -0.969. The maximum Gasteiger partial charge on any atom is 0.333 e. The Hall–Kier alpha value is -2.31. The van der Waals surface area contributed by atoms with Crippen LogP contribution in [0.1, 0.15) is 18.9 Å². The van der Waals surface area contributed by atoms with Crippen LogP contribution in [0.2, 0.25) is 0 Å². The van der Waals surface area contributed by atoms with Crippen LogP contribution in [-0.4, -0.2) is 26.6 Å². The van der Waals surface area contributed by atoms with E-state index in [9.17, 15) is 14.7 Å². The summed E-state index contributed by atoms with van der Waals surface area (Å²) in [6.45, 7) is 5.43. The van der Waals surface area contributed by atoms with Crippen LogP contribution < -0.4 is 11.2 Å². The smallest absolute Gasteiger partial charge is 0.333 e. The van der Waals surface area contributed by atoms with Gasteiger partial charge in [0.2, 0.25) is 5.88 Å². The second-order valence-electron chi connectivity index (χ2n) is 3.88. The Labute approximate surface area is 110 Å². The second kappa shape index (κ2) is 6.03. The highest BCUT2D eigenvalue weighted by molar-refractivity contribution is 6.01. The van der Waals surface area contributed by atoms with Gasteiger partial charge in [0.1, 0.15) is 12.2 Å². The van der Waals surface area contributed by atoms with Crippen LogP contribution in [0.4, 0.5) is 0 Å². The molecule has 0 aliphatic rings. The first-order chi connectivity index (χ1) is 8.95. The summed E-state index contributed by atoms with van der Waals surface area (Å²) in [6.07, 6.45) is 1.88. The molecule has 0 spiro atoms. The Morgan fingerprint density at radius 3 is 2.58 bits per heavy atom. The van der Waals surface area contributed by atoms with E-state index in [1.54, 1.807) is 6.92 Å². The van der Waals surface area contributed by atoms with Gasteiger partial charge in [-0.25, -0.2) is 4.79 Å². The van der Waals surface area contributed by atoms with Gasteiger partial charge in [0.15, 0.2) is 0 Å². The Kier molecular flexibility index (Phi) is 4.68. The molecule has 104 valence electrons. The molecular weight excluding hydrogens is 250 g/mol. The van der Waals surface area contributed by atoms with Gasteiger partial charge in [0, 0.05) is 14.1 Å². The zero-order valence-electron chi connectivity index (χ0n) is 11.2. The maximum atomic E-state index is 12.0. The molecule has 0 aromatic carbocycles. The lowest BCUT2D eigenvalue weighted by Gasteiger charge is -2.10. The Morgan fingerprint density at radius 1 is 1.42 bits per heavy atom. The predicted molar refractivity (Wildman–Crippen MR) is 71.6 cm³/mol. The minimum atomic E-state index is -0.608. The van der Waals surface area contributed by atoms with E-state index in [1.165, 1.54) is 20.2 Å². The molecule has 0 amide bonds. The molecule has 1 heterocycles. The fraction of sp³-hybridized carbons (Fsp3) is 0.417. The molecule has 0 aliphatic heterocycles. The molecule has 19 heavy (non-hydrogen) atoms. The molecule has 7 nitrogen and oxygen atoms in total. The number of aromatic nitrogens is 2. The number of oxime groups is 1. The third-order valence-corrected chi connectivity index (χ3v) is 2.62. The van der Waals surface area contributed by atoms with Crippen LogP contribution in [-0.2, 0) is 18.9 Å². The lowest BCUT2D eigenvalue weighted by atomic mass is 10.1. The number of hydrogen-bond acceptors (Lipinski definition) is 5. The molecule has 0 radical (unpaired) electrons. The van der Waals surface area contributed by atoms with E-state index in [1.807, 2.05) is 0 Å². The third kappa shape index (κ3) is 2.75. The van der Waals surface area contributed by atoms with Crippen molar-refractivity contribution >= 4 is 5.71 Å². The molecule has 0 saturated carbocycles. The third-order valence-electron chi connectivity index (χ3n) is 2.62. The standard InChI is InChI=1S/C12H17N3O4/c1-5-7-19-13-8(6-2)9-10(16)14(3)12(18)15(4)11(9)17/h5,16H,1,6-7H2,2-4H3/b13-8-. The molecule has 0 aliphatic carbocycles. The van der Waals surface area contributed by atoms with Crippen LogP contribution in [0, 0.1) is 0 Å². The molecule has 7 heteroatoms. The quantitative estimate of drug-likeness (QED) is 0.355. The van der Waals surface area contributed by atoms with Gasteiger partial charge in [0.25, 0.3) is 5.56 Å². The average molecular weight is 267 g/mol. The lowest BCUT2D eigenvalue weighted by molar-refractivity contribution is 0.174. The van der Waals surface area contributed by atoms with Gasteiger partial charge in [-0.15, -0.1) is 0 Å². The van der Waals surface area contributed by atoms with E-state index in [2.05, 4.69) is 11.7 Å². The highest BCUT2D eigenvalue weighted by Gasteiger charge is 2.19. The van der Waals surface area contributed by atoms with Gasteiger partial charge in [-0.3, -0.25) is 13.9 Å². The van der Waals surface area contributed by atoms with Crippen LogP contribution in [0.5, 0.6) is 5.88 Å². The van der Waals surface area contributed by atoms with Crippen LogP contribution in [0.15, 0.2) is 27.4 Å². The molecular formula is C12H17N3O4. The number of hydrogen-bond donors (Lipinski definition) is 1. The minimum absolute atomic E-state index is 0.0313. The van der Waals surface area contributed by atoms with Crippen molar-refractivity contribution in [3.05, 3.63) is 39.1 Å². The molecule has 1 aromatic rings. The van der Waals surface area contributed by atoms with Gasteiger partial charge < -0.3 is 9.94 Å². The molecule has 0 saturated heterocycles. The first-order valence-electron chi connectivity index (χ1n) is 5.74. The summed E-state index contributed by atoms with van der Waals surface area (Å²) >= 11 is 0. The molecule has 1 rings (SSSR count). The highest BCUT2D eigenvalue weighted by atomic mass is 16.6. The van der Waals surface area contributed by atoms with Crippen molar-refractivity contribution in [3.63, 3.8) is 0 Å². The fourth-order valence-electron chi connectivity index (χ4n) is 1.54. The van der Waals surface area contributed by atoms with Gasteiger partial charge in [-0.05, 0) is 6.42 Å². The van der Waals surface area contributed by atoms with Crippen molar-refractivity contribution in [1.29, 1.82) is 0 Å². The van der Waals surface area contributed by atoms with E-state index in [-0.39, 0.29) is 17.9 Å². The SMILES string of the molecule is C=CCO/N=C(/CC)c1c(O)n(C)c(=O)n(C)c1=O. The lowest BCUT2D eigenvalue weighted by Crippen LogP contribution is -2.40. The van der Waals surface area contributed by atoms with Crippen LogP contribution >= 0.6 is 0 Å². The number of rotatable bonds is 5. The van der Waals surface area contributed by atoms with E-state index in [4.69, 9.17) is 4.84 Å². The number of aromatic hydroxyl groups is 1. The van der Waals surface area contributed by atoms with Gasteiger partial charge in [-0.1, -0.05) is 24.7 Å². The molecule has 0 bridgehead atoms. The first kappa shape index (κ1) is 14.7. The summed E-state index contributed by atoms with van der Waals surface area (Å²) in [7, 11) is 2.71. The van der Waals surface area contributed by atoms with Crippen molar-refractivity contribution in [2.24, 2.45) is 19.3 Å². The van der Waals surface area contributed by atoms with Gasteiger partial charge in [0.05, 0.1) is 5.71 Å². The van der Waals surface area contributed by atoms with Crippen LogP contribution in [0.25, 0.3) is 0 Å². The average Bonchev–Trinajstić information content (AvgIpc) is 2.41. The number of nitrogens with zero attached hydrogens (tertiary/aromatic N) is 3. The zero-order chi connectivity index (χ0) is 14.6. The monoisotopic (exact) mass is 267 g/mol. The Bertz CT molecular complexity index is 625. The van der Waals surface area contributed by atoms with E-state index >= 15 is 0 Å². The highest BCUT2D eigenvalue weighted by Crippen LogP contribution is 2.12. The predicted octanol–water partition coefficient (Wildman–Crippen LogP) is 0.106. The van der Waals surface area contributed by atoms with Crippen molar-refractivity contribution in [3.8, 4) is 5.88 Å². The topological polar surface area (TPSA) is 85.8 Å². The van der Waals surface area contributed by atoms with Gasteiger partial charge in [-0.2, -0.15) is 0 Å². The molecule has 0 unspecified atom stereocenters. The van der Waals surface area contributed by atoms with Crippen molar-refractivity contribution in [2.45, 2.75) is 13.3 Å². The Balaban J connectivity index is 3.49. The fourth-order valence-corrected chi connectivity index (χ4v) is 1.54. The van der Waals surface area contributed by atoms with Crippen molar-refractivity contribution in [2.75, 3.05) is 6.61 Å². The summed E-state index contributed by atoms with van der Waals surface area (Å²) < 4.78 is 1.89. The minimum Gasteiger partial charge on any atom is -0.494 e. The largest absolute Gasteiger partial charge is 0.494 e. The molecule has 0 fully saturated rings. The molecule has 1 N–H and O–H groups in total. The zero-order valence-corrected chi connectivity index (χ0v) is 11.2. The van der Waals surface area contributed by atoms with E-state index in [0.29, 0.717) is 6.42 Å². The summed E-state index contributed by atoms with van der Waals surface area (Å²) in [5.74, 6) is -0.420. The van der Waals surface area contributed by atoms with Gasteiger partial charge >= 0.3 is 5.69 Å². The van der Waals surface area contributed by atoms with E-state index < -0.39 is 17.1 Å². The molecule has 1 aromatic heterocycles. The van der Waals surface area contributed by atoms with Crippen LogP contribution in [0.3, 0.4) is 0 Å². The van der Waals surface area contributed by atoms with Crippen molar-refractivity contribution in [1.82, 2.24) is 9.13 Å². The second-order valence-corrected chi connectivity index (χ2v) is 3.88. The van der Waals surface area contributed by atoms with E-state index in [0.717, 1.165) is 9.13 Å². The normalized spacial score (nSPS) is 11.4. The first-order valence-corrected chi connectivity index (χ1v) is 5.74.